The highest BCUT2D eigenvalue weighted by molar-refractivity contribution is 6.05. The minimum absolute atomic E-state index is 0.0543. The number of rotatable bonds is 4. The fraction of sp³-hybridized carbons (Fsp3) is 0.550. The van der Waals surface area contributed by atoms with Gasteiger partial charge < -0.3 is 15.7 Å². The first-order valence-corrected chi connectivity index (χ1v) is 9.83. The van der Waals surface area contributed by atoms with Crippen molar-refractivity contribution in [3.8, 4) is 0 Å². The lowest BCUT2D eigenvalue weighted by Gasteiger charge is -2.37. The van der Waals surface area contributed by atoms with Gasteiger partial charge in [-0.15, -0.1) is 0 Å². The van der Waals surface area contributed by atoms with Crippen LogP contribution in [-0.2, 0) is 22.7 Å². The molecule has 3 heterocycles. The van der Waals surface area contributed by atoms with Gasteiger partial charge in [-0.25, -0.2) is 0 Å². The first-order valence-electron chi connectivity index (χ1n) is 9.83. The van der Waals surface area contributed by atoms with Crippen molar-refractivity contribution in [3.05, 3.63) is 34.9 Å². The van der Waals surface area contributed by atoms with Crippen LogP contribution in [0.2, 0.25) is 0 Å². The largest absolute Gasteiger partial charge is 0.395 e. The van der Waals surface area contributed by atoms with Gasteiger partial charge in [0.15, 0.2) is 0 Å². The van der Waals surface area contributed by atoms with E-state index < -0.39 is 11.9 Å². The topological polar surface area (TPSA) is 116 Å². The number of benzene rings is 1. The van der Waals surface area contributed by atoms with Gasteiger partial charge in [0, 0.05) is 43.7 Å². The van der Waals surface area contributed by atoms with Gasteiger partial charge in [0.2, 0.25) is 11.8 Å². The number of nitrogens with zero attached hydrogens (tertiary/aromatic N) is 2. The number of hydrogen-bond donors (Lipinski definition) is 3. The van der Waals surface area contributed by atoms with Crippen molar-refractivity contribution in [1.82, 2.24) is 15.1 Å². The fourth-order valence-electron chi connectivity index (χ4n) is 4.49. The second-order valence-electron chi connectivity index (χ2n) is 7.98. The lowest BCUT2D eigenvalue weighted by atomic mass is 9.97. The number of aliphatic hydroxyl groups excluding tert-OH is 1. The Morgan fingerprint density at radius 2 is 2.04 bits per heavy atom. The van der Waals surface area contributed by atoms with Crippen LogP contribution in [0.25, 0.3) is 0 Å². The molecule has 4 N–H and O–H groups in total. The predicted octanol–water partition coefficient (Wildman–Crippen LogP) is -0.268. The number of nitrogens with two attached hydrogens (primary N) is 1. The smallest absolute Gasteiger partial charge is 0.255 e. The molecule has 3 aliphatic heterocycles. The molecular weight excluding hydrogens is 360 g/mol. The van der Waals surface area contributed by atoms with Crippen molar-refractivity contribution in [1.29, 1.82) is 0 Å². The highest BCUT2D eigenvalue weighted by atomic mass is 16.3. The van der Waals surface area contributed by atoms with E-state index in [1.807, 2.05) is 18.2 Å². The van der Waals surface area contributed by atoms with Gasteiger partial charge in [-0.3, -0.25) is 24.6 Å². The summed E-state index contributed by atoms with van der Waals surface area (Å²) in [5.41, 5.74) is 8.61. The van der Waals surface area contributed by atoms with Crippen molar-refractivity contribution in [2.24, 2.45) is 5.73 Å². The number of hydrogen-bond acceptors (Lipinski definition) is 6. The average molecular weight is 386 g/mol. The summed E-state index contributed by atoms with van der Waals surface area (Å²) in [5, 5.41) is 12.0. The molecule has 0 aromatic heterocycles. The molecule has 0 spiro atoms. The summed E-state index contributed by atoms with van der Waals surface area (Å²) >= 11 is 0. The van der Waals surface area contributed by atoms with Gasteiger partial charge in [-0.1, -0.05) is 12.1 Å². The van der Waals surface area contributed by atoms with Crippen LogP contribution < -0.4 is 11.1 Å². The molecule has 3 atom stereocenters. The Kier molecular flexibility index (Phi) is 5.18. The molecule has 3 amide bonds. The standard InChI is InChI=1S/C20H26N4O4/c21-14-5-6-23(15(8-14)11-25)9-12-1-2-16-13(7-12)10-24(20(16)28)17-3-4-18(26)22-19(17)27/h1-2,7,14-15,17,25H,3-6,8-11,21H2,(H,22,26,27)/t14-,15-,17?/m1/s1. The third-order valence-electron chi connectivity index (χ3n) is 6.06. The summed E-state index contributed by atoms with van der Waals surface area (Å²) in [4.78, 5) is 40.1. The Bertz CT molecular complexity index is 811. The Hall–Kier alpha value is -2.29. The highest BCUT2D eigenvalue weighted by Gasteiger charge is 2.39. The van der Waals surface area contributed by atoms with Crippen LogP contribution in [0.1, 0.15) is 47.2 Å². The highest BCUT2D eigenvalue weighted by Crippen LogP contribution is 2.29. The monoisotopic (exact) mass is 386 g/mol. The summed E-state index contributed by atoms with van der Waals surface area (Å²) < 4.78 is 0. The molecule has 3 aliphatic rings. The number of nitrogens with one attached hydrogen (secondary N) is 1. The lowest BCUT2D eigenvalue weighted by molar-refractivity contribution is -0.136. The van der Waals surface area contributed by atoms with E-state index in [4.69, 9.17) is 5.73 Å². The second-order valence-corrected chi connectivity index (χ2v) is 7.98. The van der Waals surface area contributed by atoms with Gasteiger partial charge in [0.05, 0.1) is 6.61 Å². The molecule has 2 fully saturated rings. The summed E-state index contributed by atoms with van der Waals surface area (Å²) in [6, 6.07) is 5.37. The molecule has 0 bridgehead atoms. The second kappa shape index (κ2) is 7.62. The number of carbonyl (C=O) groups excluding carboxylic acids is 3. The number of piperidine rings is 2. The van der Waals surface area contributed by atoms with E-state index in [1.165, 1.54) is 0 Å². The molecule has 0 radical (unpaired) electrons. The zero-order chi connectivity index (χ0) is 19.8. The number of likely N-dealkylation sites (tertiary alicyclic amines) is 1. The quantitative estimate of drug-likeness (QED) is 0.614. The van der Waals surface area contributed by atoms with E-state index >= 15 is 0 Å². The SMILES string of the molecule is N[C@@H]1CCN(Cc2ccc3c(c2)CN(C2CCC(=O)NC2=O)C3=O)[C@@H](CO)C1. The van der Waals surface area contributed by atoms with Gasteiger partial charge >= 0.3 is 0 Å². The van der Waals surface area contributed by atoms with Crippen LogP contribution in [0.3, 0.4) is 0 Å². The summed E-state index contributed by atoms with van der Waals surface area (Å²) in [5.74, 6) is -0.839. The van der Waals surface area contributed by atoms with E-state index in [0.29, 0.717) is 25.1 Å². The molecule has 1 unspecified atom stereocenters. The number of imide groups is 1. The van der Waals surface area contributed by atoms with E-state index in [0.717, 1.165) is 30.5 Å². The first kappa shape index (κ1) is 19.0. The molecule has 8 heteroatoms. The molecule has 4 rings (SSSR count). The van der Waals surface area contributed by atoms with Gasteiger partial charge in [-0.2, -0.15) is 0 Å². The summed E-state index contributed by atoms with van der Waals surface area (Å²) in [7, 11) is 0. The predicted molar refractivity (Wildman–Crippen MR) is 101 cm³/mol. The van der Waals surface area contributed by atoms with E-state index in [1.54, 1.807) is 4.90 Å². The number of fused-ring (bicyclic) bond motifs is 1. The minimum atomic E-state index is -0.594. The van der Waals surface area contributed by atoms with E-state index in [2.05, 4.69) is 10.2 Å². The van der Waals surface area contributed by atoms with Crippen LogP contribution in [0.5, 0.6) is 0 Å². The lowest BCUT2D eigenvalue weighted by Crippen LogP contribution is -2.52. The summed E-state index contributed by atoms with van der Waals surface area (Å²) in [6.45, 7) is 1.99. The molecule has 0 aliphatic carbocycles. The Balaban J connectivity index is 1.48. The summed E-state index contributed by atoms with van der Waals surface area (Å²) in [6.07, 6.45) is 2.30. The maximum Gasteiger partial charge on any atom is 0.255 e. The van der Waals surface area contributed by atoms with Crippen molar-refractivity contribution in [3.63, 3.8) is 0 Å². The maximum absolute atomic E-state index is 12.8. The molecule has 1 aromatic rings. The van der Waals surface area contributed by atoms with Gasteiger partial charge in [0.1, 0.15) is 6.04 Å². The molecule has 28 heavy (non-hydrogen) atoms. The minimum Gasteiger partial charge on any atom is -0.395 e. The zero-order valence-electron chi connectivity index (χ0n) is 15.8. The molecule has 1 aromatic carbocycles. The Morgan fingerprint density at radius 3 is 2.79 bits per heavy atom. The van der Waals surface area contributed by atoms with Crippen LogP contribution in [0.4, 0.5) is 0 Å². The molecular formula is C20H26N4O4. The first-order chi connectivity index (χ1) is 13.5. The number of carbonyl (C=O) groups is 3. The van der Waals surface area contributed by atoms with Gasteiger partial charge in [0.25, 0.3) is 5.91 Å². The van der Waals surface area contributed by atoms with Crippen LogP contribution in [0.15, 0.2) is 18.2 Å². The van der Waals surface area contributed by atoms with Crippen molar-refractivity contribution in [2.45, 2.75) is 56.9 Å². The van der Waals surface area contributed by atoms with Gasteiger partial charge in [-0.05, 0) is 36.5 Å². The Morgan fingerprint density at radius 1 is 1.21 bits per heavy atom. The number of amides is 3. The molecule has 150 valence electrons. The van der Waals surface area contributed by atoms with E-state index in [-0.39, 0.29) is 36.9 Å². The van der Waals surface area contributed by atoms with Crippen LogP contribution in [0, 0.1) is 0 Å². The Labute approximate surface area is 163 Å². The van der Waals surface area contributed by atoms with Crippen LogP contribution >= 0.6 is 0 Å². The fourth-order valence-corrected chi connectivity index (χ4v) is 4.49. The molecule has 0 saturated carbocycles. The van der Waals surface area contributed by atoms with Crippen molar-refractivity contribution >= 4 is 17.7 Å². The molecule has 2 saturated heterocycles. The van der Waals surface area contributed by atoms with Crippen LogP contribution in [-0.4, -0.2) is 63.9 Å². The molecule has 8 nitrogen and oxygen atoms in total. The third kappa shape index (κ3) is 3.55. The zero-order valence-corrected chi connectivity index (χ0v) is 15.8. The normalized spacial score (nSPS) is 28.4. The van der Waals surface area contributed by atoms with Crippen molar-refractivity contribution in [2.75, 3.05) is 13.2 Å². The third-order valence-corrected chi connectivity index (χ3v) is 6.06. The average Bonchev–Trinajstić information content (AvgIpc) is 2.99. The van der Waals surface area contributed by atoms with Crippen molar-refractivity contribution < 1.29 is 19.5 Å². The van der Waals surface area contributed by atoms with E-state index in [9.17, 15) is 19.5 Å². The number of aliphatic hydroxyl groups is 1. The maximum atomic E-state index is 12.8.